The summed E-state index contributed by atoms with van der Waals surface area (Å²) in [6.07, 6.45) is 15.9. The van der Waals surface area contributed by atoms with Gasteiger partial charge in [0.15, 0.2) is 0 Å². The predicted octanol–water partition coefficient (Wildman–Crippen LogP) is 7.68. The van der Waals surface area contributed by atoms with Crippen LogP contribution < -0.4 is 0 Å². The Balaban J connectivity index is 1.47. The van der Waals surface area contributed by atoms with Crippen LogP contribution >= 0.6 is 0 Å². The van der Waals surface area contributed by atoms with Crippen molar-refractivity contribution in [2.75, 3.05) is 0 Å². The van der Waals surface area contributed by atoms with Crippen LogP contribution in [0.2, 0.25) is 0 Å². The molecule has 28 heavy (non-hydrogen) atoms. The van der Waals surface area contributed by atoms with E-state index in [-0.39, 0.29) is 0 Å². The van der Waals surface area contributed by atoms with Gasteiger partial charge in [-0.2, -0.15) is 0 Å². The van der Waals surface area contributed by atoms with Crippen molar-refractivity contribution in [1.29, 1.82) is 0 Å². The van der Waals surface area contributed by atoms with E-state index in [0.29, 0.717) is 22.5 Å². The second-order valence-electron chi connectivity index (χ2n) is 12.4. The Labute approximate surface area is 174 Å². The lowest BCUT2D eigenvalue weighted by Crippen LogP contribution is -2.53. The highest BCUT2D eigenvalue weighted by Gasteiger charge is 2.60. The first kappa shape index (κ1) is 20.9. The molecule has 4 aliphatic rings. The van der Waals surface area contributed by atoms with Gasteiger partial charge in [-0.05, 0) is 97.2 Å². The molecule has 0 spiro atoms. The number of Topliss-reactive ketones (excluding diaryl/α,β-unsaturated/α-hetero) is 1. The highest BCUT2D eigenvalue weighted by Crippen LogP contribution is 2.68. The second kappa shape index (κ2) is 7.73. The van der Waals surface area contributed by atoms with E-state index in [9.17, 15) is 4.79 Å². The fourth-order valence-corrected chi connectivity index (χ4v) is 9.07. The van der Waals surface area contributed by atoms with E-state index in [1.54, 1.807) is 0 Å². The van der Waals surface area contributed by atoms with Crippen LogP contribution in [0.25, 0.3) is 0 Å². The maximum Gasteiger partial charge on any atom is 0.133 e. The van der Waals surface area contributed by atoms with E-state index in [4.69, 9.17) is 0 Å². The molecule has 0 bridgehead atoms. The first-order chi connectivity index (χ1) is 13.3. The average molecular weight is 387 g/mol. The average Bonchev–Trinajstić information content (AvgIpc) is 2.99. The third-order valence-corrected chi connectivity index (χ3v) is 10.7. The van der Waals surface area contributed by atoms with Crippen LogP contribution in [-0.4, -0.2) is 5.78 Å². The summed E-state index contributed by atoms with van der Waals surface area (Å²) in [5.41, 5.74) is 1.07. The molecule has 4 rings (SSSR count). The summed E-state index contributed by atoms with van der Waals surface area (Å²) in [6, 6.07) is 0. The number of fused-ring (bicyclic) bond motifs is 5. The number of hydrogen-bond donors (Lipinski definition) is 0. The van der Waals surface area contributed by atoms with Gasteiger partial charge in [0.05, 0.1) is 0 Å². The van der Waals surface area contributed by atoms with E-state index in [1.807, 2.05) is 0 Å². The van der Waals surface area contributed by atoms with Gasteiger partial charge in [0.1, 0.15) is 5.78 Å². The second-order valence-corrected chi connectivity index (χ2v) is 12.4. The molecule has 0 saturated heterocycles. The summed E-state index contributed by atoms with van der Waals surface area (Å²) in [4.78, 5) is 12.1. The molecule has 0 radical (unpaired) electrons. The van der Waals surface area contributed by atoms with E-state index in [1.165, 1.54) is 64.2 Å². The molecule has 0 heterocycles. The van der Waals surface area contributed by atoms with Crippen molar-refractivity contribution in [3.8, 4) is 0 Å². The Kier molecular flexibility index (Phi) is 5.78. The number of carbonyl (C=O) groups excluding carboxylic acids is 1. The quantitative estimate of drug-likeness (QED) is 0.473. The van der Waals surface area contributed by atoms with Crippen LogP contribution in [0.1, 0.15) is 112 Å². The van der Waals surface area contributed by atoms with Gasteiger partial charge in [0.25, 0.3) is 0 Å². The summed E-state index contributed by atoms with van der Waals surface area (Å²) in [6.45, 7) is 12.6. The zero-order valence-corrected chi connectivity index (χ0v) is 19.4. The Hall–Kier alpha value is -0.330. The third kappa shape index (κ3) is 3.41. The number of rotatable bonds is 5. The molecule has 1 unspecified atom stereocenters. The smallest absolute Gasteiger partial charge is 0.133 e. The number of carbonyl (C=O) groups is 1. The van der Waals surface area contributed by atoms with Gasteiger partial charge in [-0.3, -0.25) is 4.79 Å². The molecule has 4 aliphatic carbocycles. The number of ketones is 1. The van der Waals surface area contributed by atoms with Gasteiger partial charge < -0.3 is 0 Å². The highest BCUT2D eigenvalue weighted by molar-refractivity contribution is 5.79. The molecule has 8 atom stereocenters. The van der Waals surface area contributed by atoms with E-state index in [0.717, 1.165) is 48.3 Å². The van der Waals surface area contributed by atoms with Gasteiger partial charge in [-0.15, -0.1) is 0 Å². The van der Waals surface area contributed by atoms with Crippen LogP contribution in [-0.2, 0) is 4.79 Å². The predicted molar refractivity (Wildman–Crippen MR) is 118 cm³/mol. The fourth-order valence-electron chi connectivity index (χ4n) is 9.07. The van der Waals surface area contributed by atoms with Gasteiger partial charge >= 0.3 is 0 Å². The highest BCUT2D eigenvalue weighted by atomic mass is 16.1. The monoisotopic (exact) mass is 386 g/mol. The molecule has 160 valence electrons. The first-order valence-electron chi connectivity index (χ1n) is 12.8. The first-order valence-corrected chi connectivity index (χ1v) is 12.8. The van der Waals surface area contributed by atoms with Crippen molar-refractivity contribution >= 4 is 5.78 Å². The van der Waals surface area contributed by atoms with Crippen molar-refractivity contribution in [3.05, 3.63) is 0 Å². The van der Waals surface area contributed by atoms with Crippen LogP contribution in [0.15, 0.2) is 0 Å². The maximum absolute atomic E-state index is 12.1. The van der Waals surface area contributed by atoms with Crippen LogP contribution in [0.3, 0.4) is 0 Å². The van der Waals surface area contributed by atoms with E-state index in [2.05, 4.69) is 34.6 Å². The van der Waals surface area contributed by atoms with Crippen LogP contribution in [0.4, 0.5) is 0 Å². The zero-order valence-electron chi connectivity index (χ0n) is 19.4. The van der Waals surface area contributed by atoms with Crippen molar-refractivity contribution < 1.29 is 4.79 Å². The summed E-state index contributed by atoms with van der Waals surface area (Å²) in [7, 11) is 0. The Morgan fingerprint density at radius 2 is 1.64 bits per heavy atom. The normalized spacial score (nSPS) is 46.8. The lowest BCUT2D eigenvalue weighted by atomic mass is 9.44. The van der Waals surface area contributed by atoms with Gasteiger partial charge in [-0.25, -0.2) is 0 Å². The molecule has 0 N–H and O–H groups in total. The molecule has 1 heteroatoms. The van der Waals surface area contributed by atoms with E-state index < -0.39 is 0 Å². The molecular formula is C27H46O. The van der Waals surface area contributed by atoms with Crippen molar-refractivity contribution in [2.24, 2.45) is 52.3 Å². The van der Waals surface area contributed by atoms with Gasteiger partial charge in [0, 0.05) is 12.8 Å². The summed E-state index contributed by atoms with van der Waals surface area (Å²) < 4.78 is 0. The SMILES string of the molecule is CC(C)CCCC(C)[C@H]1CC[C@H]2[C@@H]3CC[C@H]4CC(=O)CC[C@@]4(C)[C@@H]3CC[C@]12C. The summed E-state index contributed by atoms with van der Waals surface area (Å²) >= 11 is 0. The Morgan fingerprint density at radius 3 is 2.39 bits per heavy atom. The minimum Gasteiger partial charge on any atom is -0.300 e. The minimum atomic E-state index is 0.471. The van der Waals surface area contributed by atoms with Crippen molar-refractivity contribution in [1.82, 2.24) is 0 Å². The van der Waals surface area contributed by atoms with Crippen molar-refractivity contribution in [2.45, 2.75) is 112 Å². The van der Waals surface area contributed by atoms with Crippen molar-refractivity contribution in [3.63, 3.8) is 0 Å². The maximum atomic E-state index is 12.1. The molecular weight excluding hydrogens is 340 g/mol. The number of hydrogen-bond acceptors (Lipinski definition) is 1. The molecule has 0 aromatic rings. The zero-order chi connectivity index (χ0) is 20.1. The molecule has 4 fully saturated rings. The lowest BCUT2D eigenvalue weighted by molar-refractivity contribution is -0.140. The molecule has 1 nitrogen and oxygen atoms in total. The minimum absolute atomic E-state index is 0.471. The van der Waals surface area contributed by atoms with Crippen LogP contribution in [0, 0.1) is 52.3 Å². The topological polar surface area (TPSA) is 17.1 Å². The molecule has 0 aromatic carbocycles. The molecule has 0 aliphatic heterocycles. The van der Waals surface area contributed by atoms with E-state index >= 15 is 0 Å². The summed E-state index contributed by atoms with van der Waals surface area (Å²) in [5.74, 6) is 6.82. The summed E-state index contributed by atoms with van der Waals surface area (Å²) in [5, 5.41) is 0. The lowest BCUT2D eigenvalue weighted by Gasteiger charge is -2.60. The molecule has 0 aromatic heterocycles. The Bertz CT molecular complexity index is 579. The largest absolute Gasteiger partial charge is 0.300 e. The molecule has 0 amide bonds. The molecule has 4 saturated carbocycles. The van der Waals surface area contributed by atoms with Crippen LogP contribution in [0.5, 0.6) is 0 Å². The van der Waals surface area contributed by atoms with Gasteiger partial charge in [0.2, 0.25) is 0 Å². The Morgan fingerprint density at radius 1 is 0.893 bits per heavy atom. The third-order valence-electron chi connectivity index (χ3n) is 10.7. The fraction of sp³-hybridized carbons (Fsp3) is 0.963. The van der Waals surface area contributed by atoms with Gasteiger partial charge in [-0.1, -0.05) is 53.9 Å². The standard InChI is InChI=1S/C27H46O/c1-18(2)7-6-8-19(3)23-11-12-24-22-10-9-20-17-21(28)13-15-26(20,4)25(22)14-16-27(23,24)5/h18-20,22-25H,6-17H2,1-5H3/t19?,20-,22-,23+,24-,25+,26+,27+/m0/s1.